The van der Waals surface area contributed by atoms with E-state index in [9.17, 15) is 18.0 Å². The number of thiazole rings is 1. The normalized spacial score (nSPS) is 15.6. The first-order chi connectivity index (χ1) is 13.7. The zero-order valence-corrected chi connectivity index (χ0v) is 18.8. The average molecular weight is 457 g/mol. The lowest BCUT2D eigenvalue weighted by atomic mass is 10.0. The third-order valence-electron chi connectivity index (χ3n) is 4.90. The van der Waals surface area contributed by atoms with Crippen LogP contribution in [0.3, 0.4) is 0 Å². The Bertz CT molecular complexity index is 948. The highest BCUT2D eigenvalue weighted by atomic mass is 32.2. The number of anilines is 1. The number of amides is 2. The molecule has 29 heavy (non-hydrogen) atoms. The van der Waals surface area contributed by atoms with E-state index < -0.39 is 10.0 Å². The SMILES string of the molecule is CN(C1CCN(C(=O)Cc2csc(NC(=O)Cc3cccs3)n2)CC1)S(C)(=O)=O. The summed E-state index contributed by atoms with van der Waals surface area (Å²) >= 11 is 2.83. The molecule has 2 aromatic rings. The lowest BCUT2D eigenvalue weighted by Crippen LogP contribution is -2.47. The third kappa shape index (κ3) is 6.08. The van der Waals surface area contributed by atoms with Gasteiger partial charge in [-0.15, -0.1) is 22.7 Å². The summed E-state index contributed by atoms with van der Waals surface area (Å²) in [7, 11) is -1.64. The highest BCUT2D eigenvalue weighted by molar-refractivity contribution is 7.88. The van der Waals surface area contributed by atoms with Gasteiger partial charge in [0.25, 0.3) is 0 Å². The van der Waals surface area contributed by atoms with Gasteiger partial charge in [-0.25, -0.2) is 17.7 Å². The fourth-order valence-corrected chi connectivity index (χ4v) is 5.38. The molecule has 0 aliphatic carbocycles. The molecule has 0 spiro atoms. The number of sulfonamides is 1. The van der Waals surface area contributed by atoms with Gasteiger partial charge >= 0.3 is 0 Å². The summed E-state index contributed by atoms with van der Waals surface area (Å²) < 4.78 is 24.7. The van der Waals surface area contributed by atoms with Gasteiger partial charge < -0.3 is 10.2 Å². The Balaban J connectivity index is 1.47. The van der Waals surface area contributed by atoms with Crippen molar-refractivity contribution in [2.24, 2.45) is 0 Å². The molecule has 0 bridgehead atoms. The van der Waals surface area contributed by atoms with Gasteiger partial charge in [0.1, 0.15) is 0 Å². The molecule has 1 saturated heterocycles. The Labute approximate surface area is 178 Å². The number of aromatic nitrogens is 1. The number of nitrogens with zero attached hydrogens (tertiary/aromatic N) is 3. The van der Waals surface area contributed by atoms with E-state index in [1.807, 2.05) is 17.5 Å². The molecule has 0 unspecified atom stereocenters. The molecule has 158 valence electrons. The minimum Gasteiger partial charge on any atom is -0.342 e. The van der Waals surface area contributed by atoms with Crippen molar-refractivity contribution in [1.29, 1.82) is 0 Å². The van der Waals surface area contributed by atoms with Gasteiger partial charge in [0.15, 0.2) is 5.13 Å². The summed E-state index contributed by atoms with van der Waals surface area (Å²) in [6.45, 7) is 1.05. The molecule has 8 nitrogen and oxygen atoms in total. The van der Waals surface area contributed by atoms with E-state index in [-0.39, 0.29) is 24.3 Å². The summed E-state index contributed by atoms with van der Waals surface area (Å²) in [4.78, 5) is 31.7. The Hall–Kier alpha value is -1.82. The van der Waals surface area contributed by atoms with E-state index in [1.165, 1.54) is 33.2 Å². The van der Waals surface area contributed by atoms with Crippen molar-refractivity contribution in [2.45, 2.75) is 31.7 Å². The molecule has 1 aliphatic heterocycles. The van der Waals surface area contributed by atoms with Crippen molar-refractivity contribution in [1.82, 2.24) is 14.2 Å². The minimum absolute atomic E-state index is 0.0350. The van der Waals surface area contributed by atoms with Crippen LogP contribution in [0.2, 0.25) is 0 Å². The Morgan fingerprint density at radius 1 is 1.28 bits per heavy atom. The Morgan fingerprint density at radius 3 is 2.62 bits per heavy atom. The standard InChI is InChI=1S/C18H24N4O4S3/c1-21(29(2,25)26)14-5-7-22(8-6-14)17(24)10-13-12-28-18(19-13)20-16(23)11-15-4-3-9-27-15/h3-4,9,12,14H,5-8,10-11H2,1-2H3,(H,19,20,23). The second-order valence-corrected chi connectivity index (χ2v) is 10.9. The topological polar surface area (TPSA) is 99.7 Å². The molecular formula is C18H24N4O4S3. The second-order valence-electron chi connectivity index (χ2n) is 7.02. The highest BCUT2D eigenvalue weighted by Gasteiger charge is 2.29. The molecular weight excluding hydrogens is 432 g/mol. The molecule has 0 atom stereocenters. The van der Waals surface area contributed by atoms with Crippen LogP contribution in [0.5, 0.6) is 0 Å². The molecule has 3 heterocycles. The zero-order valence-electron chi connectivity index (χ0n) is 16.3. The summed E-state index contributed by atoms with van der Waals surface area (Å²) in [5, 5.41) is 6.97. The quantitative estimate of drug-likeness (QED) is 0.685. The highest BCUT2D eigenvalue weighted by Crippen LogP contribution is 2.20. The number of piperidine rings is 1. The fraction of sp³-hybridized carbons (Fsp3) is 0.500. The number of rotatable bonds is 7. The van der Waals surface area contributed by atoms with E-state index in [2.05, 4.69) is 10.3 Å². The van der Waals surface area contributed by atoms with Crippen molar-refractivity contribution < 1.29 is 18.0 Å². The van der Waals surface area contributed by atoms with Gasteiger partial charge in [-0.05, 0) is 24.3 Å². The Morgan fingerprint density at radius 2 is 2.00 bits per heavy atom. The number of likely N-dealkylation sites (tertiary alicyclic amines) is 1. The fourth-order valence-electron chi connectivity index (χ4n) is 3.20. The molecule has 0 radical (unpaired) electrons. The maximum Gasteiger partial charge on any atom is 0.231 e. The van der Waals surface area contributed by atoms with Gasteiger partial charge in [0, 0.05) is 36.4 Å². The second kappa shape index (κ2) is 9.33. The van der Waals surface area contributed by atoms with Gasteiger partial charge in [-0.2, -0.15) is 0 Å². The van der Waals surface area contributed by atoms with Crippen molar-refractivity contribution in [3.63, 3.8) is 0 Å². The minimum atomic E-state index is -3.23. The number of hydrogen-bond acceptors (Lipinski definition) is 7. The van der Waals surface area contributed by atoms with Crippen LogP contribution in [-0.4, -0.2) is 66.9 Å². The molecule has 1 N–H and O–H groups in total. The molecule has 1 fully saturated rings. The largest absolute Gasteiger partial charge is 0.342 e. The molecule has 11 heteroatoms. The number of hydrogen-bond donors (Lipinski definition) is 1. The average Bonchev–Trinajstić information content (AvgIpc) is 3.32. The molecule has 3 rings (SSSR count). The lowest BCUT2D eigenvalue weighted by Gasteiger charge is -2.35. The summed E-state index contributed by atoms with van der Waals surface area (Å²) in [6.07, 6.45) is 2.92. The van der Waals surface area contributed by atoms with Gasteiger partial charge in [-0.3, -0.25) is 9.59 Å². The van der Waals surface area contributed by atoms with Crippen LogP contribution in [0, 0.1) is 0 Å². The number of thiophene rings is 1. The first kappa shape index (κ1) is 21.9. The van der Waals surface area contributed by atoms with E-state index in [0.717, 1.165) is 4.88 Å². The third-order valence-corrected chi connectivity index (χ3v) is 7.93. The van der Waals surface area contributed by atoms with E-state index in [1.54, 1.807) is 17.3 Å². The van der Waals surface area contributed by atoms with Crippen LogP contribution in [0.1, 0.15) is 23.4 Å². The van der Waals surface area contributed by atoms with E-state index >= 15 is 0 Å². The van der Waals surface area contributed by atoms with E-state index in [0.29, 0.717) is 43.2 Å². The molecule has 1 aliphatic rings. The van der Waals surface area contributed by atoms with Crippen molar-refractivity contribution in [2.75, 3.05) is 31.7 Å². The van der Waals surface area contributed by atoms with Gasteiger partial charge in [0.2, 0.25) is 21.8 Å². The number of carbonyl (C=O) groups is 2. The first-order valence-corrected chi connectivity index (χ1v) is 12.8. The van der Waals surface area contributed by atoms with Crippen molar-refractivity contribution >= 4 is 49.6 Å². The Kier molecular flexibility index (Phi) is 7.04. The van der Waals surface area contributed by atoms with Gasteiger partial charge in [0.05, 0.1) is 24.8 Å². The maximum atomic E-state index is 12.6. The van der Waals surface area contributed by atoms with Crippen LogP contribution in [-0.2, 0) is 32.5 Å². The van der Waals surface area contributed by atoms with Crippen LogP contribution in [0.15, 0.2) is 22.9 Å². The van der Waals surface area contributed by atoms with Crippen molar-refractivity contribution in [3.05, 3.63) is 33.5 Å². The summed E-state index contributed by atoms with van der Waals surface area (Å²) in [5.74, 6) is -0.163. The predicted octanol–water partition coefficient (Wildman–Crippen LogP) is 1.81. The van der Waals surface area contributed by atoms with E-state index in [4.69, 9.17) is 0 Å². The van der Waals surface area contributed by atoms with Crippen LogP contribution < -0.4 is 5.32 Å². The first-order valence-electron chi connectivity index (χ1n) is 9.20. The number of nitrogens with one attached hydrogen (secondary N) is 1. The molecule has 2 amide bonds. The number of carbonyl (C=O) groups excluding carboxylic acids is 2. The lowest BCUT2D eigenvalue weighted by molar-refractivity contribution is -0.131. The van der Waals surface area contributed by atoms with Crippen molar-refractivity contribution in [3.8, 4) is 0 Å². The molecule has 2 aromatic heterocycles. The van der Waals surface area contributed by atoms with Gasteiger partial charge in [-0.1, -0.05) is 6.07 Å². The maximum absolute atomic E-state index is 12.6. The van der Waals surface area contributed by atoms with Crippen LogP contribution in [0.25, 0.3) is 0 Å². The monoisotopic (exact) mass is 456 g/mol. The predicted molar refractivity (Wildman–Crippen MR) is 115 cm³/mol. The molecule has 0 saturated carbocycles. The molecule has 0 aromatic carbocycles. The zero-order chi connectivity index (χ0) is 21.0. The smallest absolute Gasteiger partial charge is 0.231 e. The summed E-state index contributed by atoms with van der Waals surface area (Å²) in [5.41, 5.74) is 0.627. The summed E-state index contributed by atoms with van der Waals surface area (Å²) in [6, 6.07) is 3.74. The van der Waals surface area contributed by atoms with Crippen LogP contribution >= 0.6 is 22.7 Å². The van der Waals surface area contributed by atoms with Crippen LogP contribution in [0.4, 0.5) is 5.13 Å².